The van der Waals surface area contributed by atoms with Crippen LogP contribution in [0.15, 0.2) is 24.3 Å². The SMILES string of the molecule is Cl.O=C1N(Cc2cccc(Cl)c2)CCC12CCCNC2. The van der Waals surface area contributed by atoms with Gasteiger partial charge in [0, 0.05) is 24.7 Å². The van der Waals surface area contributed by atoms with Gasteiger partial charge < -0.3 is 10.2 Å². The molecule has 1 spiro atoms. The number of carbonyl (C=O) groups excluding carboxylic acids is 1. The number of nitrogens with zero attached hydrogens (tertiary/aromatic N) is 1. The largest absolute Gasteiger partial charge is 0.338 e. The highest BCUT2D eigenvalue weighted by Gasteiger charge is 2.46. The van der Waals surface area contributed by atoms with Crippen LogP contribution in [0.2, 0.25) is 5.02 Å². The van der Waals surface area contributed by atoms with Gasteiger partial charge in [0.15, 0.2) is 0 Å². The molecule has 5 heteroatoms. The van der Waals surface area contributed by atoms with Gasteiger partial charge in [0.05, 0.1) is 5.41 Å². The van der Waals surface area contributed by atoms with Gasteiger partial charge in [0.25, 0.3) is 0 Å². The van der Waals surface area contributed by atoms with E-state index in [1.807, 2.05) is 29.2 Å². The smallest absolute Gasteiger partial charge is 0.230 e. The Labute approximate surface area is 131 Å². The number of carbonyl (C=O) groups is 1. The lowest BCUT2D eigenvalue weighted by Crippen LogP contribution is -2.45. The molecule has 2 aliphatic heterocycles. The monoisotopic (exact) mass is 314 g/mol. The number of piperidine rings is 1. The van der Waals surface area contributed by atoms with E-state index >= 15 is 0 Å². The summed E-state index contributed by atoms with van der Waals surface area (Å²) in [5, 5.41) is 4.11. The highest BCUT2D eigenvalue weighted by atomic mass is 35.5. The normalized spacial score (nSPS) is 25.9. The van der Waals surface area contributed by atoms with Crippen molar-refractivity contribution in [2.24, 2.45) is 5.41 Å². The van der Waals surface area contributed by atoms with Crippen molar-refractivity contribution in [2.45, 2.75) is 25.8 Å². The molecule has 110 valence electrons. The molecule has 1 aromatic rings. The molecular formula is C15H20Cl2N2O. The third-order valence-corrected chi connectivity index (χ3v) is 4.57. The minimum atomic E-state index is -0.128. The first-order chi connectivity index (χ1) is 9.20. The molecule has 1 amide bonds. The summed E-state index contributed by atoms with van der Waals surface area (Å²) in [5.41, 5.74) is 0.985. The number of amides is 1. The maximum atomic E-state index is 12.6. The van der Waals surface area contributed by atoms with Crippen molar-refractivity contribution in [3.8, 4) is 0 Å². The van der Waals surface area contributed by atoms with Gasteiger partial charge in [-0.3, -0.25) is 4.79 Å². The molecule has 2 aliphatic rings. The maximum absolute atomic E-state index is 12.6. The molecule has 0 saturated carbocycles. The molecule has 1 atom stereocenters. The lowest BCUT2D eigenvalue weighted by atomic mass is 9.79. The number of likely N-dealkylation sites (tertiary alicyclic amines) is 1. The van der Waals surface area contributed by atoms with Gasteiger partial charge in [-0.15, -0.1) is 12.4 Å². The van der Waals surface area contributed by atoms with Crippen LogP contribution < -0.4 is 5.32 Å². The van der Waals surface area contributed by atoms with Crippen LogP contribution in [0.1, 0.15) is 24.8 Å². The van der Waals surface area contributed by atoms with Crippen molar-refractivity contribution in [3.05, 3.63) is 34.9 Å². The minimum Gasteiger partial charge on any atom is -0.338 e. The number of hydrogen-bond donors (Lipinski definition) is 1. The van der Waals surface area contributed by atoms with Crippen LogP contribution in [0.5, 0.6) is 0 Å². The Balaban J connectivity index is 0.00000147. The lowest BCUT2D eigenvalue weighted by molar-refractivity contribution is -0.137. The summed E-state index contributed by atoms with van der Waals surface area (Å²) >= 11 is 6.00. The summed E-state index contributed by atoms with van der Waals surface area (Å²) in [6.07, 6.45) is 3.13. The first-order valence-electron chi connectivity index (χ1n) is 6.94. The van der Waals surface area contributed by atoms with Gasteiger partial charge in [-0.1, -0.05) is 23.7 Å². The molecule has 1 aromatic carbocycles. The van der Waals surface area contributed by atoms with Crippen LogP contribution in [-0.2, 0) is 11.3 Å². The van der Waals surface area contributed by atoms with Gasteiger partial charge in [0.1, 0.15) is 0 Å². The van der Waals surface area contributed by atoms with Crippen LogP contribution >= 0.6 is 24.0 Å². The summed E-state index contributed by atoms with van der Waals surface area (Å²) < 4.78 is 0. The fourth-order valence-electron chi connectivity index (χ4n) is 3.26. The molecule has 2 saturated heterocycles. The molecule has 20 heavy (non-hydrogen) atoms. The van der Waals surface area contributed by atoms with Crippen LogP contribution in [0.4, 0.5) is 0 Å². The van der Waals surface area contributed by atoms with Crippen LogP contribution in [0.3, 0.4) is 0 Å². The summed E-state index contributed by atoms with van der Waals surface area (Å²) in [6, 6.07) is 7.78. The first kappa shape index (κ1) is 15.6. The number of benzene rings is 1. The van der Waals surface area contributed by atoms with Crippen molar-refractivity contribution >= 4 is 29.9 Å². The van der Waals surface area contributed by atoms with Gasteiger partial charge in [-0.25, -0.2) is 0 Å². The van der Waals surface area contributed by atoms with Crippen molar-refractivity contribution in [3.63, 3.8) is 0 Å². The second-order valence-electron chi connectivity index (χ2n) is 5.67. The quantitative estimate of drug-likeness (QED) is 0.910. The predicted molar refractivity (Wildman–Crippen MR) is 83.3 cm³/mol. The fraction of sp³-hybridized carbons (Fsp3) is 0.533. The van der Waals surface area contributed by atoms with Gasteiger partial charge in [-0.05, 0) is 43.5 Å². The van der Waals surface area contributed by atoms with Crippen molar-refractivity contribution < 1.29 is 4.79 Å². The van der Waals surface area contributed by atoms with E-state index in [0.717, 1.165) is 49.5 Å². The van der Waals surface area contributed by atoms with E-state index in [0.29, 0.717) is 12.5 Å². The van der Waals surface area contributed by atoms with Crippen molar-refractivity contribution in [1.29, 1.82) is 0 Å². The highest BCUT2D eigenvalue weighted by Crippen LogP contribution is 2.38. The summed E-state index contributed by atoms with van der Waals surface area (Å²) in [6.45, 7) is 3.44. The predicted octanol–water partition coefficient (Wildman–Crippen LogP) is 2.86. The van der Waals surface area contributed by atoms with E-state index in [4.69, 9.17) is 11.6 Å². The van der Waals surface area contributed by atoms with Crippen LogP contribution in [0.25, 0.3) is 0 Å². The fourth-order valence-corrected chi connectivity index (χ4v) is 3.48. The van der Waals surface area contributed by atoms with Gasteiger partial charge in [0.2, 0.25) is 5.91 Å². The van der Waals surface area contributed by atoms with E-state index in [9.17, 15) is 4.79 Å². The Kier molecular flexibility index (Phi) is 4.95. The number of hydrogen-bond acceptors (Lipinski definition) is 2. The molecule has 0 bridgehead atoms. The molecule has 3 rings (SSSR count). The van der Waals surface area contributed by atoms with E-state index < -0.39 is 0 Å². The van der Waals surface area contributed by atoms with E-state index in [2.05, 4.69) is 5.32 Å². The topological polar surface area (TPSA) is 32.3 Å². The lowest BCUT2D eigenvalue weighted by Gasteiger charge is -2.32. The average molecular weight is 315 g/mol. The minimum absolute atomic E-state index is 0. The Morgan fingerprint density at radius 1 is 1.35 bits per heavy atom. The number of nitrogens with one attached hydrogen (secondary N) is 1. The second kappa shape index (κ2) is 6.33. The Morgan fingerprint density at radius 2 is 2.20 bits per heavy atom. The molecule has 2 fully saturated rings. The van der Waals surface area contributed by atoms with Crippen LogP contribution in [-0.4, -0.2) is 30.4 Å². The first-order valence-corrected chi connectivity index (χ1v) is 7.32. The molecule has 0 aliphatic carbocycles. The molecule has 0 aromatic heterocycles. The number of halogens is 2. The van der Waals surface area contributed by atoms with Crippen molar-refractivity contribution in [1.82, 2.24) is 10.2 Å². The van der Waals surface area contributed by atoms with E-state index in [-0.39, 0.29) is 17.8 Å². The van der Waals surface area contributed by atoms with Crippen LogP contribution in [0, 0.1) is 5.41 Å². The Bertz CT molecular complexity index is 487. The molecule has 3 nitrogen and oxygen atoms in total. The molecular weight excluding hydrogens is 295 g/mol. The molecule has 0 radical (unpaired) electrons. The Morgan fingerprint density at radius 3 is 2.90 bits per heavy atom. The summed E-state index contributed by atoms with van der Waals surface area (Å²) in [4.78, 5) is 14.6. The zero-order valence-corrected chi connectivity index (χ0v) is 13.0. The highest BCUT2D eigenvalue weighted by molar-refractivity contribution is 6.30. The molecule has 1 N–H and O–H groups in total. The van der Waals surface area contributed by atoms with Gasteiger partial charge >= 0.3 is 0 Å². The standard InChI is InChI=1S/C15H19ClN2O.ClH/c16-13-4-1-3-12(9-13)10-18-8-6-15(14(18)19)5-2-7-17-11-15;/h1,3-4,9,17H,2,5-8,10-11H2;1H. The van der Waals surface area contributed by atoms with E-state index in [1.165, 1.54) is 0 Å². The third-order valence-electron chi connectivity index (χ3n) is 4.34. The third kappa shape index (κ3) is 2.95. The second-order valence-corrected chi connectivity index (χ2v) is 6.10. The zero-order valence-electron chi connectivity index (χ0n) is 11.4. The number of rotatable bonds is 2. The Hall–Kier alpha value is -0.770. The summed E-state index contributed by atoms with van der Waals surface area (Å²) in [7, 11) is 0. The van der Waals surface area contributed by atoms with E-state index in [1.54, 1.807) is 0 Å². The zero-order chi connectivity index (χ0) is 13.3. The summed E-state index contributed by atoms with van der Waals surface area (Å²) in [5.74, 6) is 0.319. The maximum Gasteiger partial charge on any atom is 0.230 e. The molecule has 2 heterocycles. The average Bonchev–Trinajstić information content (AvgIpc) is 2.70. The van der Waals surface area contributed by atoms with Gasteiger partial charge in [-0.2, -0.15) is 0 Å². The molecule has 1 unspecified atom stereocenters. The van der Waals surface area contributed by atoms with Crippen molar-refractivity contribution in [2.75, 3.05) is 19.6 Å².